The lowest BCUT2D eigenvalue weighted by atomic mass is 9.57. The van der Waals surface area contributed by atoms with E-state index in [4.69, 9.17) is 0 Å². The van der Waals surface area contributed by atoms with Crippen molar-refractivity contribution in [3.05, 3.63) is 64.2 Å². The van der Waals surface area contributed by atoms with Gasteiger partial charge in [-0.15, -0.1) is 13.2 Å². The summed E-state index contributed by atoms with van der Waals surface area (Å²) in [6, 6.07) is 4.04. The average molecular weight is 460 g/mol. The van der Waals surface area contributed by atoms with Gasteiger partial charge in [0.1, 0.15) is 11.6 Å². The molecule has 2 aliphatic rings. The number of benzene rings is 2. The van der Waals surface area contributed by atoms with Crippen molar-refractivity contribution < 1.29 is 35.5 Å². The minimum Gasteiger partial charge on any atom is -0.399 e. The van der Waals surface area contributed by atoms with Crippen LogP contribution in [-0.2, 0) is 6.42 Å². The Balaban J connectivity index is 1.75. The molecule has 174 valence electrons. The Morgan fingerprint density at radius 2 is 1.59 bits per heavy atom. The lowest BCUT2D eigenvalue weighted by molar-refractivity contribution is -0.276. The molecular formula is C24H23F7O. The Kier molecular flexibility index (Phi) is 6.16. The van der Waals surface area contributed by atoms with Gasteiger partial charge in [0.05, 0.1) is 0 Å². The normalized spacial score (nSPS) is 25.2. The molecule has 0 bridgehead atoms. The highest BCUT2D eigenvalue weighted by Crippen LogP contribution is 2.55. The van der Waals surface area contributed by atoms with Gasteiger partial charge in [0, 0.05) is 6.07 Å². The van der Waals surface area contributed by atoms with E-state index in [0.717, 1.165) is 31.0 Å². The van der Waals surface area contributed by atoms with Gasteiger partial charge < -0.3 is 4.74 Å². The topological polar surface area (TPSA) is 9.23 Å². The summed E-state index contributed by atoms with van der Waals surface area (Å²) in [5.74, 6) is -6.13. The zero-order valence-electron chi connectivity index (χ0n) is 17.4. The van der Waals surface area contributed by atoms with Crippen LogP contribution in [0.3, 0.4) is 0 Å². The lowest BCUT2D eigenvalue weighted by Crippen LogP contribution is -2.35. The van der Waals surface area contributed by atoms with Gasteiger partial charge in [0.2, 0.25) is 5.75 Å². The quantitative estimate of drug-likeness (QED) is 0.424. The third-order valence-electron chi connectivity index (χ3n) is 6.94. The maximum absolute atomic E-state index is 14.5. The van der Waals surface area contributed by atoms with Crippen molar-refractivity contribution in [2.45, 2.75) is 63.6 Å². The van der Waals surface area contributed by atoms with Gasteiger partial charge >= 0.3 is 6.36 Å². The van der Waals surface area contributed by atoms with Crippen LogP contribution in [-0.4, -0.2) is 6.36 Å². The fourth-order valence-corrected chi connectivity index (χ4v) is 5.88. The van der Waals surface area contributed by atoms with Crippen molar-refractivity contribution in [3.8, 4) is 5.75 Å². The third-order valence-corrected chi connectivity index (χ3v) is 6.94. The first-order chi connectivity index (χ1) is 15.1. The van der Waals surface area contributed by atoms with E-state index in [9.17, 15) is 30.7 Å². The second-order valence-corrected chi connectivity index (χ2v) is 8.78. The standard InChI is InChI=1S/C24H23F7O/c1-2-3-12-4-5-15-17(7-6-16-18(15)10-14(25)11-19(16)26)22(12)13-8-20(27)23(21(28)9-13)32-24(29,30)31/h8-12,15,17,22H,2-7H2,1H3/t12-,15-,17+,22-/m1/s1. The molecule has 2 aliphatic carbocycles. The highest BCUT2D eigenvalue weighted by atomic mass is 19.4. The van der Waals surface area contributed by atoms with Gasteiger partial charge in [-0.05, 0) is 84.2 Å². The second kappa shape index (κ2) is 8.60. The summed E-state index contributed by atoms with van der Waals surface area (Å²) in [4.78, 5) is 0. The molecule has 2 aromatic carbocycles. The molecule has 1 saturated carbocycles. The first-order valence-electron chi connectivity index (χ1n) is 10.8. The van der Waals surface area contributed by atoms with Gasteiger partial charge in [-0.3, -0.25) is 0 Å². The van der Waals surface area contributed by atoms with Crippen LogP contribution in [0, 0.1) is 35.1 Å². The molecular weight excluding hydrogens is 437 g/mol. The molecule has 0 spiro atoms. The first kappa shape index (κ1) is 22.9. The van der Waals surface area contributed by atoms with Crippen molar-refractivity contribution in [3.63, 3.8) is 0 Å². The van der Waals surface area contributed by atoms with Crippen LogP contribution in [0.5, 0.6) is 5.75 Å². The number of halogens is 7. The summed E-state index contributed by atoms with van der Waals surface area (Å²) in [6.45, 7) is 1.99. The van der Waals surface area contributed by atoms with Gasteiger partial charge in [-0.2, -0.15) is 0 Å². The van der Waals surface area contributed by atoms with Crippen molar-refractivity contribution in [1.29, 1.82) is 0 Å². The maximum Gasteiger partial charge on any atom is 0.573 e. The molecule has 0 amide bonds. The first-order valence-corrected chi connectivity index (χ1v) is 10.8. The van der Waals surface area contributed by atoms with Crippen LogP contribution >= 0.6 is 0 Å². The van der Waals surface area contributed by atoms with Gasteiger partial charge in [-0.1, -0.05) is 19.8 Å². The number of rotatable bonds is 4. The number of hydrogen-bond acceptors (Lipinski definition) is 1. The van der Waals surface area contributed by atoms with Crippen LogP contribution in [0.4, 0.5) is 30.7 Å². The van der Waals surface area contributed by atoms with E-state index in [1.54, 1.807) is 0 Å². The Bertz CT molecular complexity index is 978. The third kappa shape index (κ3) is 4.33. The molecule has 0 aliphatic heterocycles. The monoisotopic (exact) mass is 460 g/mol. The summed E-state index contributed by atoms with van der Waals surface area (Å²) in [7, 11) is 0. The number of hydrogen-bond donors (Lipinski definition) is 0. The van der Waals surface area contributed by atoms with Crippen LogP contribution < -0.4 is 4.74 Å². The van der Waals surface area contributed by atoms with Crippen LogP contribution in [0.15, 0.2) is 24.3 Å². The zero-order chi connectivity index (χ0) is 23.2. The fourth-order valence-electron chi connectivity index (χ4n) is 5.88. The van der Waals surface area contributed by atoms with E-state index in [2.05, 4.69) is 4.74 Å². The number of fused-ring (bicyclic) bond motifs is 3. The molecule has 1 nitrogen and oxygen atoms in total. The highest BCUT2D eigenvalue weighted by molar-refractivity contribution is 5.39. The molecule has 0 N–H and O–H groups in total. The molecule has 8 heteroatoms. The van der Waals surface area contributed by atoms with Crippen molar-refractivity contribution in [1.82, 2.24) is 0 Å². The summed E-state index contributed by atoms with van der Waals surface area (Å²) in [6.07, 6.45) is -1.29. The molecule has 2 aromatic rings. The van der Waals surface area contributed by atoms with Crippen molar-refractivity contribution in [2.24, 2.45) is 11.8 Å². The van der Waals surface area contributed by atoms with E-state index >= 15 is 0 Å². The van der Waals surface area contributed by atoms with Gasteiger partial charge in [-0.25, -0.2) is 17.6 Å². The number of alkyl halides is 3. The van der Waals surface area contributed by atoms with Crippen LogP contribution in [0.1, 0.15) is 67.6 Å². The van der Waals surface area contributed by atoms with E-state index in [1.165, 1.54) is 6.07 Å². The maximum atomic E-state index is 14.5. The predicted molar refractivity (Wildman–Crippen MR) is 104 cm³/mol. The van der Waals surface area contributed by atoms with E-state index in [1.807, 2.05) is 6.92 Å². The van der Waals surface area contributed by atoms with E-state index in [-0.39, 0.29) is 29.2 Å². The summed E-state index contributed by atoms with van der Waals surface area (Å²) >= 11 is 0. The summed E-state index contributed by atoms with van der Waals surface area (Å²) in [5.41, 5.74) is 1.34. The smallest absolute Gasteiger partial charge is 0.399 e. The second-order valence-electron chi connectivity index (χ2n) is 8.78. The van der Waals surface area contributed by atoms with Gasteiger partial charge in [0.15, 0.2) is 11.6 Å². The van der Waals surface area contributed by atoms with Gasteiger partial charge in [0.25, 0.3) is 0 Å². The Labute approximate surface area is 181 Å². The highest BCUT2D eigenvalue weighted by Gasteiger charge is 2.44. The van der Waals surface area contributed by atoms with Crippen molar-refractivity contribution >= 4 is 0 Å². The molecule has 1 fully saturated rings. The minimum atomic E-state index is -5.22. The van der Waals surface area contributed by atoms with Crippen LogP contribution in [0.25, 0.3) is 0 Å². The molecule has 0 unspecified atom stereocenters. The van der Waals surface area contributed by atoms with Crippen LogP contribution in [0.2, 0.25) is 0 Å². The Morgan fingerprint density at radius 3 is 2.22 bits per heavy atom. The molecule has 0 saturated heterocycles. The molecule has 4 rings (SSSR count). The molecule has 0 heterocycles. The summed E-state index contributed by atoms with van der Waals surface area (Å²) in [5, 5.41) is 0. The zero-order valence-corrected chi connectivity index (χ0v) is 17.4. The van der Waals surface area contributed by atoms with Crippen molar-refractivity contribution in [2.75, 3.05) is 0 Å². The number of ether oxygens (including phenoxy) is 1. The molecule has 0 aromatic heterocycles. The Hall–Kier alpha value is -2.25. The minimum absolute atomic E-state index is 0.0643. The fraction of sp³-hybridized carbons (Fsp3) is 0.500. The Morgan fingerprint density at radius 1 is 0.906 bits per heavy atom. The van der Waals surface area contributed by atoms with E-state index < -0.39 is 35.4 Å². The lowest BCUT2D eigenvalue weighted by Gasteiger charge is -2.47. The summed E-state index contributed by atoms with van der Waals surface area (Å²) < 4.78 is 98.5. The average Bonchev–Trinajstić information content (AvgIpc) is 2.69. The SMILES string of the molecule is CCC[C@@H]1CC[C@H]2c3cc(F)cc(F)c3CC[C@@H]2[C@H]1c1cc(F)c(OC(F)(F)F)c(F)c1. The predicted octanol–water partition coefficient (Wildman–Crippen LogP) is 7.78. The largest absolute Gasteiger partial charge is 0.573 e. The molecule has 4 atom stereocenters. The van der Waals surface area contributed by atoms with E-state index in [0.29, 0.717) is 36.8 Å². The molecule has 0 radical (unpaired) electrons. The molecule has 32 heavy (non-hydrogen) atoms.